The van der Waals surface area contributed by atoms with Crippen LogP contribution in [0.25, 0.3) is 0 Å². The van der Waals surface area contributed by atoms with Crippen molar-refractivity contribution in [2.75, 3.05) is 0 Å². The smallest absolute Gasteiger partial charge is 0.203 e. The highest BCUT2D eigenvalue weighted by Gasteiger charge is 2.05. The number of pyridine rings is 1. The molecule has 1 aromatic carbocycles. The van der Waals surface area contributed by atoms with Gasteiger partial charge in [0.15, 0.2) is 5.78 Å². The van der Waals surface area contributed by atoms with Crippen molar-refractivity contribution in [3.8, 4) is 0 Å². The van der Waals surface area contributed by atoms with Crippen LogP contribution in [-0.4, -0.2) is 5.78 Å². The van der Waals surface area contributed by atoms with Crippen LogP contribution in [0.5, 0.6) is 0 Å². The maximum absolute atomic E-state index is 11.8. The van der Waals surface area contributed by atoms with Crippen molar-refractivity contribution in [1.29, 1.82) is 0 Å². The van der Waals surface area contributed by atoms with Crippen molar-refractivity contribution in [3.63, 3.8) is 0 Å². The number of carbonyl (C=O) groups excluding carboxylic acids is 1. The number of aromatic nitrogens is 1. The molecule has 79 valence electrons. The fourth-order valence-electron chi connectivity index (χ4n) is 1.35. The molecule has 1 radical (unpaired) electrons. The Morgan fingerprint density at radius 2 is 1.69 bits per heavy atom. The zero-order valence-electron chi connectivity index (χ0n) is 9.05. The van der Waals surface area contributed by atoms with Gasteiger partial charge in [0, 0.05) is 0 Å². The minimum absolute atomic E-state index is 0.116. The largest absolute Gasteiger partial charge is 0.305 e. The summed E-state index contributed by atoms with van der Waals surface area (Å²) in [5.41, 5.74) is 1.81. The molecule has 0 bridgehead atoms. The molecule has 0 aliphatic carbocycles. The van der Waals surface area contributed by atoms with E-state index in [1.165, 1.54) is 0 Å². The third-order valence-electron chi connectivity index (χ3n) is 2.26. The van der Waals surface area contributed by atoms with Gasteiger partial charge in [-0.25, -0.2) is 0 Å². The summed E-state index contributed by atoms with van der Waals surface area (Å²) in [7, 11) is 0. The molecule has 2 aromatic rings. The monoisotopic (exact) mass is 210 g/mol. The lowest BCUT2D eigenvalue weighted by molar-refractivity contribution is -0.625. The van der Waals surface area contributed by atoms with Crippen LogP contribution < -0.4 is 4.57 Å². The number of benzene rings is 1. The summed E-state index contributed by atoms with van der Waals surface area (Å²) in [5, 5.41) is 0. The van der Waals surface area contributed by atoms with Crippen LogP contribution in [0.1, 0.15) is 15.9 Å². The molecule has 0 fully saturated rings. The number of ketones is 1. The maximum atomic E-state index is 11.8. The van der Waals surface area contributed by atoms with Gasteiger partial charge in [0.1, 0.15) is 0 Å². The topological polar surface area (TPSA) is 20.9 Å². The second-order valence-electron chi connectivity index (χ2n) is 3.59. The quantitative estimate of drug-likeness (QED) is 0.431. The van der Waals surface area contributed by atoms with E-state index in [4.69, 9.17) is 0 Å². The number of hydrogen-bond acceptors (Lipinski definition) is 1. The molecule has 0 atom stereocenters. The van der Waals surface area contributed by atoms with E-state index in [2.05, 4.69) is 6.54 Å². The van der Waals surface area contributed by atoms with Gasteiger partial charge in [-0.05, 0) is 24.6 Å². The molecule has 0 amide bonds. The lowest BCUT2D eigenvalue weighted by Gasteiger charge is -2.03. The molecule has 0 aliphatic heterocycles. The van der Waals surface area contributed by atoms with E-state index in [1.807, 2.05) is 49.6 Å². The average molecular weight is 210 g/mol. The fourth-order valence-corrected chi connectivity index (χ4v) is 1.35. The molecule has 2 rings (SSSR count). The molecule has 0 saturated carbocycles. The zero-order chi connectivity index (χ0) is 11.4. The Balaban J connectivity index is 2.11. The standard InChI is InChI=1S/C14H12NO/c1-12-7-9-15(10-8-12)11-14(16)13-5-3-2-4-6-13/h2-10H,1H3. The van der Waals surface area contributed by atoms with Crippen LogP contribution in [0, 0.1) is 13.5 Å². The SMILES string of the molecule is Cc1cc[n+]([C-]C(=O)c2ccccc2)cc1. The van der Waals surface area contributed by atoms with Crippen LogP contribution in [-0.2, 0) is 0 Å². The summed E-state index contributed by atoms with van der Waals surface area (Å²) < 4.78 is 1.64. The predicted molar refractivity (Wildman–Crippen MR) is 60.8 cm³/mol. The first kappa shape index (κ1) is 10.4. The van der Waals surface area contributed by atoms with E-state index in [-0.39, 0.29) is 5.78 Å². The van der Waals surface area contributed by atoms with Gasteiger partial charge in [0.25, 0.3) is 0 Å². The van der Waals surface area contributed by atoms with Crippen molar-refractivity contribution in [2.24, 2.45) is 0 Å². The van der Waals surface area contributed by atoms with Crippen LogP contribution in [0.2, 0.25) is 0 Å². The fraction of sp³-hybridized carbons (Fsp3) is 0.0714. The van der Waals surface area contributed by atoms with Crippen molar-refractivity contribution in [1.82, 2.24) is 0 Å². The van der Waals surface area contributed by atoms with Gasteiger partial charge >= 0.3 is 0 Å². The first-order valence-corrected chi connectivity index (χ1v) is 5.10. The normalized spacial score (nSPS) is 9.81. The highest BCUT2D eigenvalue weighted by atomic mass is 16.1. The lowest BCUT2D eigenvalue weighted by atomic mass is 10.1. The summed E-state index contributed by atoms with van der Waals surface area (Å²) in [6.07, 6.45) is 3.63. The second kappa shape index (κ2) is 4.62. The van der Waals surface area contributed by atoms with Crippen molar-refractivity contribution < 1.29 is 9.36 Å². The Bertz CT molecular complexity index is 474. The van der Waals surface area contributed by atoms with Crippen LogP contribution in [0.15, 0.2) is 54.9 Å². The first-order chi connectivity index (χ1) is 7.75. The van der Waals surface area contributed by atoms with Gasteiger partial charge in [-0.2, -0.15) is 0 Å². The molecule has 2 nitrogen and oxygen atoms in total. The Hall–Kier alpha value is -2.09. The molecule has 1 heterocycles. The molecule has 2 heteroatoms. The van der Waals surface area contributed by atoms with E-state index in [9.17, 15) is 4.79 Å². The number of hydrogen-bond donors (Lipinski definition) is 0. The predicted octanol–water partition coefficient (Wildman–Crippen LogP) is 2.05. The highest BCUT2D eigenvalue weighted by Crippen LogP contribution is 2.01. The van der Waals surface area contributed by atoms with Gasteiger partial charge in [0.05, 0.1) is 12.4 Å². The Morgan fingerprint density at radius 3 is 2.31 bits per heavy atom. The minimum atomic E-state index is -0.116. The van der Waals surface area contributed by atoms with Gasteiger partial charge in [0.2, 0.25) is 6.54 Å². The van der Waals surface area contributed by atoms with Crippen molar-refractivity contribution in [2.45, 2.75) is 6.92 Å². The summed E-state index contributed by atoms with van der Waals surface area (Å²) in [6.45, 7) is 4.77. The molecular weight excluding hydrogens is 198 g/mol. The molecule has 1 aromatic heterocycles. The summed E-state index contributed by atoms with van der Waals surface area (Å²) >= 11 is 0. The summed E-state index contributed by atoms with van der Waals surface area (Å²) in [5.74, 6) is -0.116. The van der Waals surface area contributed by atoms with Crippen LogP contribution in [0.4, 0.5) is 0 Å². The van der Waals surface area contributed by atoms with Gasteiger partial charge < -0.3 is 4.79 Å². The minimum Gasteiger partial charge on any atom is -0.305 e. The maximum Gasteiger partial charge on any atom is 0.203 e. The second-order valence-corrected chi connectivity index (χ2v) is 3.59. The Morgan fingerprint density at radius 1 is 1.06 bits per heavy atom. The molecule has 0 saturated heterocycles. The average Bonchev–Trinajstić information content (AvgIpc) is 2.33. The molecule has 0 N–H and O–H groups in total. The third-order valence-corrected chi connectivity index (χ3v) is 2.26. The van der Waals surface area contributed by atoms with E-state index in [0.29, 0.717) is 5.56 Å². The number of aryl methyl sites for hydroxylation is 1. The Kier molecular flexibility index (Phi) is 3.01. The lowest BCUT2D eigenvalue weighted by Crippen LogP contribution is -2.34. The molecule has 0 aliphatic rings. The molecule has 0 spiro atoms. The van der Waals surface area contributed by atoms with Crippen molar-refractivity contribution >= 4 is 5.78 Å². The molecular formula is C14H12NO. The number of rotatable bonds is 3. The van der Waals surface area contributed by atoms with E-state index in [1.54, 1.807) is 16.7 Å². The van der Waals surface area contributed by atoms with Crippen LogP contribution in [0.3, 0.4) is 0 Å². The van der Waals surface area contributed by atoms with E-state index in [0.717, 1.165) is 5.56 Å². The summed E-state index contributed by atoms with van der Waals surface area (Å²) in [6, 6.07) is 13.0. The van der Waals surface area contributed by atoms with Gasteiger partial charge in [-0.15, -0.1) is 0 Å². The number of nitrogens with zero attached hydrogens (tertiary/aromatic N) is 1. The number of Topliss-reactive ketones (excluding diaryl/α,β-unsaturated/α-hetero) is 1. The molecule has 0 unspecified atom stereocenters. The summed E-state index contributed by atoms with van der Waals surface area (Å²) in [4.78, 5) is 11.8. The first-order valence-electron chi connectivity index (χ1n) is 5.10. The van der Waals surface area contributed by atoms with Crippen molar-refractivity contribution in [3.05, 3.63) is 72.5 Å². The zero-order valence-corrected chi connectivity index (χ0v) is 9.05. The Labute approximate surface area is 95.2 Å². The van der Waals surface area contributed by atoms with E-state index < -0.39 is 0 Å². The van der Waals surface area contributed by atoms with Gasteiger partial charge in [-0.1, -0.05) is 35.9 Å². The van der Waals surface area contributed by atoms with Crippen LogP contribution >= 0.6 is 0 Å². The highest BCUT2D eigenvalue weighted by molar-refractivity contribution is 6.00. The molecule has 16 heavy (non-hydrogen) atoms. The van der Waals surface area contributed by atoms with E-state index >= 15 is 0 Å². The number of carbonyl (C=O) groups is 1. The van der Waals surface area contributed by atoms with Gasteiger partial charge in [-0.3, -0.25) is 4.57 Å². The third kappa shape index (κ3) is 2.48.